The average Bonchev–Trinajstić information content (AvgIpc) is 3.15. The van der Waals surface area contributed by atoms with Gasteiger partial charge in [-0.25, -0.2) is 0 Å². The first kappa shape index (κ1) is 18.2. The van der Waals surface area contributed by atoms with Gasteiger partial charge in [-0.15, -0.1) is 0 Å². The Bertz CT molecular complexity index is 975. The molecule has 0 aromatic heterocycles. The fraction of sp³-hybridized carbons (Fsp3) is 0.130. The van der Waals surface area contributed by atoms with Crippen molar-refractivity contribution >= 4 is 24.8 Å². The SMILES string of the molecule is C[C@@H](N=Cc1ccccc1B1OC(=O)[C@@H](c2ccccc2)O1)c1ccccc1. The molecule has 0 N–H and O–H groups in total. The maximum Gasteiger partial charge on any atom is 0.566 e. The lowest BCUT2D eigenvalue weighted by Crippen LogP contribution is -2.35. The third-order valence-corrected chi connectivity index (χ3v) is 4.77. The Balaban J connectivity index is 1.55. The fourth-order valence-electron chi connectivity index (χ4n) is 3.21. The normalized spacial score (nSPS) is 17.7. The largest absolute Gasteiger partial charge is 0.566 e. The first-order valence-electron chi connectivity index (χ1n) is 9.30. The molecular formula is C23H20BNO3. The summed E-state index contributed by atoms with van der Waals surface area (Å²) in [5.74, 6) is -0.374. The van der Waals surface area contributed by atoms with Crippen molar-refractivity contribution in [3.63, 3.8) is 0 Å². The van der Waals surface area contributed by atoms with Crippen LogP contribution < -0.4 is 5.46 Å². The van der Waals surface area contributed by atoms with Crippen molar-refractivity contribution in [2.75, 3.05) is 0 Å². The van der Waals surface area contributed by atoms with Gasteiger partial charge in [-0.05, 0) is 23.6 Å². The predicted octanol–water partition coefficient (Wildman–Crippen LogP) is 3.88. The molecule has 1 saturated heterocycles. The number of hydrogen-bond acceptors (Lipinski definition) is 4. The van der Waals surface area contributed by atoms with E-state index in [0.717, 1.165) is 22.2 Å². The van der Waals surface area contributed by atoms with Crippen LogP contribution in [0, 0.1) is 0 Å². The van der Waals surface area contributed by atoms with E-state index in [1.54, 1.807) is 0 Å². The zero-order valence-electron chi connectivity index (χ0n) is 15.6. The van der Waals surface area contributed by atoms with Gasteiger partial charge in [-0.3, -0.25) is 9.79 Å². The number of rotatable bonds is 5. The van der Waals surface area contributed by atoms with Gasteiger partial charge in [0.05, 0.1) is 6.04 Å². The molecule has 28 heavy (non-hydrogen) atoms. The highest BCUT2D eigenvalue weighted by Gasteiger charge is 2.42. The van der Waals surface area contributed by atoms with E-state index >= 15 is 0 Å². The maximum atomic E-state index is 12.3. The number of aliphatic imine (C=N–C) groups is 1. The molecule has 4 nitrogen and oxygen atoms in total. The first-order chi connectivity index (χ1) is 13.7. The Morgan fingerprint density at radius 1 is 0.929 bits per heavy atom. The van der Waals surface area contributed by atoms with Crippen molar-refractivity contribution < 1.29 is 14.1 Å². The van der Waals surface area contributed by atoms with E-state index in [4.69, 9.17) is 9.31 Å². The van der Waals surface area contributed by atoms with Crippen LogP contribution in [-0.4, -0.2) is 19.3 Å². The van der Waals surface area contributed by atoms with Gasteiger partial charge in [0.1, 0.15) is 0 Å². The third-order valence-electron chi connectivity index (χ3n) is 4.77. The summed E-state index contributed by atoms with van der Waals surface area (Å²) in [6, 6.07) is 27.2. The van der Waals surface area contributed by atoms with Gasteiger partial charge in [-0.2, -0.15) is 0 Å². The summed E-state index contributed by atoms with van der Waals surface area (Å²) in [6.07, 6.45) is 1.11. The van der Waals surface area contributed by atoms with Gasteiger partial charge in [0.2, 0.25) is 0 Å². The van der Waals surface area contributed by atoms with Crippen LogP contribution >= 0.6 is 0 Å². The number of nitrogens with zero attached hydrogens (tertiary/aromatic N) is 1. The second-order valence-electron chi connectivity index (χ2n) is 6.69. The van der Waals surface area contributed by atoms with Gasteiger partial charge in [0.25, 0.3) is 0 Å². The van der Waals surface area contributed by atoms with Crippen LogP contribution in [0.5, 0.6) is 0 Å². The smallest absolute Gasteiger partial charge is 0.504 e. The summed E-state index contributed by atoms with van der Waals surface area (Å²) in [5, 5.41) is 0. The van der Waals surface area contributed by atoms with Crippen LogP contribution in [-0.2, 0) is 14.1 Å². The molecule has 1 heterocycles. The molecule has 1 aliphatic heterocycles. The fourth-order valence-corrected chi connectivity index (χ4v) is 3.21. The second kappa shape index (κ2) is 8.23. The summed E-state index contributed by atoms with van der Waals surface area (Å²) >= 11 is 0. The molecule has 138 valence electrons. The topological polar surface area (TPSA) is 47.9 Å². The number of carbonyl (C=O) groups excluding carboxylic acids is 1. The molecule has 0 aliphatic carbocycles. The highest BCUT2D eigenvalue weighted by atomic mass is 16.7. The molecule has 0 radical (unpaired) electrons. The quantitative estimate of drug-likeness (QED) is 0.507. The molecule has 0 bridgehead atoms. The van der Waals surface area contributed by atoms with Crippen LogP contribution in [0.4, 0.5) is 0 Å². The maximum absolute atomic E-state index is 12.3. The highest BCUT2D eigenvalue weighted by Crippen LogP contribution is 2.26. The van der Waals surface area contributed by atoms with Crippen molar-refractivity contribution in [3.8, 4) is 0 Å². The molecule has 4 rings (SSSR count). The van der Waals surface area contributed by atoms with Gasteiger partial charge < -0.3 is 9.31 Å². The minimum Gasteiger partial charge on any atom is -0.504 e. The van der Waals surface area contributed by atoms with Crippen LogP contribution in [0.3, 0.4) is 0 Å². The molecule has 5 heteroatoms. The Morgan fingerprint density at radius 2 is 1.57 bits per heavy atom. The molecule has 3 aromatic carbocycles. The van der Waals surface area contributed by atoms with E-state index in [-0.39, 0.29) is 12.0 Å². The molecular weight excluding hydrogens is 349 g/mol. The lowest BCUT2D eigenvalue weighted by atomic mass is 9.76. The van der Waals surface area contributed by atoms with E-state index in [9.17, 15) is 4.79 Å². The van der Waals surface area contributed by atoms with Crippen molar-refractivity contribution in [1.29, 1.82) is 0 Å². The summed E-state index contributed by atoms with van der Waals surface area (Å²) in [7, 11) is -0.743. The minimum absolute atomic E-state index is 0.0263. The molecule has 0 amide bonds. The molecule has 1 fully saturated rings. The Kier molecular flexibility index (Phi) is 5.35. The van der Waals surface area contributed by atoms with Crippen molar-refractivity contribution in [1.82, 2.24) is 0 Å². The Labute approximate surface area is 165 Å². The molecule has 2 atom stereocenters. The van der Waals surface area contributed by atoms with E-state index < -0.39 is 13.2 Å². The zero-order chi connectivity index (χ0) is 19.3. The van der Waals surface area contributed by atoms with Crippen LogP contribution in [0.2, 0.25) is 0 Å². The number of hydrogen-bond donors (Lipinski definition) is 0. The van der Waals surface area contributed by atoms with Crippen molar-refractivity contribution in [3.05, 3.63) is 102 Å². The van der Waals surface area contributed by atoms with Crippen molar-refractivity contribution in [2.24, 2.45) is 4.99 Å². The van der Waals surface area contributed by atoms with Crippen LogP contribution in [0.1, 0.15) is 35.8 Å². The third kappa shape index (κ3) is 3.90. The van der Waals surface area contributed by atoms with Crippen LogP contribution in [0.15, 0.2) is 89.9 Å². The van der Waals surface area contributed by atoms with Gasteiger partial charge >= 0.3 is 13.1 Å². The number of benzene rings is 3. The van der Waals surface area contributed by atoms with E-state index in [1.807, 2.05) is 85.9 Å². The summed E-state index contributed by atoms with van der Waals surface area (Å²) < 4.78 is 11.5. The molecule has 3 aromatic rings. The highest BCUT2D eigenvalue weighted by molar-refractivity contribution is 6.65. The monoisotopic (exact) mass is 369 g/mol. The molecule has 0 unspecified atom stereocenters. The van der Waals surface area contributed by atoms with Gasteiger partial charge in [-0.1, -0.05) is 84.9 Å². The minimum atomic E-state index is -0.743. The summed E-state index contributed by atoms with van der Waals surface area (Å²) in [4.78, 5) is 17.0. The average molecular weight is 369 g/mol. The van der Waals surface area contributed by atoms with Crippen molar-refractivity contribution in [2.45, 2.75) is 19.1 Å². The lowest BCUT2D eigenvalue weighted by Gasteiger charge is -2.10. The first-order valence-corrected chi connectivity index (χ1v) is 9.30. The van der Waals surface area contributed by atoms with Crippen LogP contribution in [0.25, 0.3) is 0 Å². The Morgan fingerprint density at radius 3 is 2.32 bits per heavy atom. The predicted molar refractivity (Wildman–Crippen MR) is 111 cm³/mol. The van der Waals surface area contributed by atoms with E-state index in [1.165, 1.54) is 0 Å². The van der Waals surface area contributed by atoms with Gasteiger partial charge in [0, 0.05) is 11.7 Å². The molecule has 1 aliphatic rings. The molecule has 0 saturated carbocycles. The Hall–Kier alpha value is -3.18. The standard InChI is InChI=1S/C23H20BNO3/c1-17(18-10-4-2-5-11-18)25-16-20-14-8-9-15-21(20)24-27-22(23(26)28-24)19-12-6-3-7-13-19/h2-17,22H,1H3/t17-,22-/m1/s1. The molecule has 0 spiro atoms. The van der Waals surface area contributed by atoms with E-state index in [0.29, 0.717) is 0 Å². The van der Waals surface area contributed by atoms with E-state index in [2.05, 4.69) is 17.1 Å². The van der Waals surface area contributed by atoms with Gasteiger partial charge in [0.15, 0.2) is 6.10 Å². The zero-order valence-corrected chi connectivity index (χ0v) is 15.6. The summed E-state index contributed by atoms with van der Waals surface area (Å²) in [5.41, 5.74) is 3.60. The lowest BCUT2D eigenvalue weighted by molar-refractivity contribution is -0.136. The number of carbonyl (C=O) groups is 1. The summed E-state index contributed by atoms with van der Waals surface area (Å²) in [6.45, 7) is 2.05. The second-order valence-corrected chi connectivity index (χ2v) is 6.69.